The van der Waals surface area contributed by atoms with E-state index in [0.29, 0.717) is 11.7 Å². The Morgan fingerprint density at radius 1 is 1.47 bits per heavy atom. The highest BCUT2D eigenvalue weighted by atomic mass is 15.3. The molecule has 0 aliphatic heterocycles. The predicted octanol–water partition coefficient (Wildman–Crippen LogP) is 1.85. The minimum absolute atomic E-state index is 0.698. The van der Waals surface area contributed by atoms with E-state index in [1.54, 1.807) is 0 Å². The van der Waals surface area contributed by atoms with E-state index in [4.69, 9.17) is 5.84 Å². The van der Waals surface area contributed by atoms with Gasteiger partial charge in [-0.25, -0.2) is 10.8 Å². The van der Waals surface area contributed by atoms with E-state index in [1.165, 1.54) is 6.42 Å². The summed E-state index contributed by atoms with van der Waals surface area (Å²) in [6.07, 6.45) is 1.17. The number of rotatable bonds is 5. The van der Waals surface area contributed by atoms with Crippen molar-refractivity contribution in [1.29, 1.82) is 0 Å². The van der Waals surface area contributed by atoms with Crippen molar-refractivity contribution in [3.63, 3.8) is 0 Å². The molecule has 1 rings (SSSR count). The summed E-state index contributed by atoms with van der Waals surface area (Å²) in [5.74, 6) is 7.67. The Bertz CT molecular complexity index is 298. The van der Waals surface area contributed by atoms with Crippen LogP contribution in [0.5, 0.6) is 0 Å². The molecule has 0 aliphatic rings. The number of anilines is 2. The van der Waals surface area contributed by atoms with Gasteiger partial charge in [0.1, 0.15) is 11.6 Å². The van der Waals surface area contributed by atoms with E-state index < -0.39 is 0 Å². The van der Waals surface area contributed by atoms with Gasteiger partial charge in [-0.3, -0.25) is 0 Å². The highest BCUT2D eigenvalue weighted by Crippen LogP contribution is 2.13. The summed E-state index contributed by atoms with van der Waals surface area (Å²) in [6.45, 7) is 5.46. The lowest BCUT2D eigenvalue weighted by Gasteiger charge is -2.19. The fourth-order valence-corrected chi connectivity index (χ4v) is 1.28. The van der Waals surface area contributed by atoms with Gasteiger partial charge < -0.3 is 10.3 Å². The van der Waals surface area contributed by atoms with E-state index in [1.807, 2.05) is 25.2 Å². The van der Waals surface area contributed by atoms with Gasteiger partial charge in [-0.15, -0.1) is 0 Å². The number of hydrogen-bond acceptors (Lipinski definition) is 4. The van der Waals surface area contributed by atoms with E-state index in [0.717, 1.165) is 12.4 Å². The Balaban J connectivity index is 2.60. The maximum atomic E-state index is 5.31. The van der Waals surface area contributed by atoms with E-state index in [2.05, 4.69) is 29.2 Å². The van der Waals surface area contributed by atoms with Crippen molar-refractivity contribution in [2.45, 2.75) is 20.3 Å². The van der Waals surface area contributed by atoms with Crippen LogP contribution < -0.4 is 16.2 Å². The molecular weight excluding hydrogens is 188 g/mol. The lowest BCUT2D eigenvalue weighted by atomic mass is 10.1. The monoisotopic (exact) mass is 208 g/mol. The van der Waals surface area contributed by atoms with Crippen molar-refractivity contribution in [1.82, 2.24) is 4.98 Å². The average molecular weight is 208 g/mol. The van der Waals surface area contributed by atoms with Crippen LogP contribution >= 0.6 is 0 Å². The van der Waals surface area contributed by atoms with Crippen LogP contribution in [0.4, 0.5) is 11.6 Å². The Hall–Kier alpha value is -1.29. The molecule has 4 heteroatoms. The van der Waals surface area contributed by atoms with Crippen molar-refractivity contribution in [3.8, 4) is 0 Å². The molecule has 0 unspecified atom stereocenters. The quantitative estimate of drug-likeness (QED) is 0.573. The molecule has 3 N–H and O–H groups in total. The number of aromatic nitrogens is 1. The van der Waals surface area contributed by atoms with Crippen LogP contribution in [0.1, 0.15) is 20.3 Å². The highest BCUT2D eigenvalue weighted by Gasteiger charge is 2.03. The van der Waals surface area contributed by atoms with Crippen LogP contribution in [-0.4, -0.2) is 18.6 Å². The Morgan fingerprint density at radius 2 is 2.20 bits per heavy atom. The third-order valence-corrected chi connectivity index (χ3v) is 2.32. The van der Waals surface area contributed by atoms with Gasteiger partial charge in [0, 0.05) is 13.6 Å². The molecule has 0 saturated carbocycles. The fraction of sp³-hybridized carbons (Fsp3) is 0.545. The molecule has 84 valence electrons. The van der Waals surface area contributed by atoms with E-state index >= 15 is 0 Å². The van der Waals surface area contributed by atoms with Gasteiger partial charge in [-0.05, 0) is 24.5 Å². The van der Waals surface area contributed by atoms with Crippen LogP contribution in [0.25, 0.3) is 0 Å². The van der Waals surface area contributed by atoms with Gasteiger partial charge >= 0.3 is 0 Å². The third-order valence-electron chi connectivity index (χ3n) is 2.32. The molecule has 0 bridgehead atoms. The molecule has 4 nitrogen and oxygen atoms in total. The topological polar surface area (TPSA) is 54.2 Å². The average Bonchev–Trinajstić information content (AvgIpc) is 2.26. The lowest BCUT2D eigenvalue weighted by molar-refractivity contribution is 0.584. The number of pyridine rings is 1. The maximum absolute atomic E-state index is 5.31. The minimum atomic E-state index is 0.698. The van der Waals surface area contributed by atoms with Crippen molar-refractivity contribution >= 4 is 11.6 Å². The van der Waals surface area contributed by atoms with Crippen LogP contribution in [0.2, 0.25) is 0 Å². The molecule has 1 aromatic heterocycles. The SMILES string of the molecule is CC(C)CCN(C)c1cccc(NN)n1. The molecule has 0 radical (unpaired) electrons. The zero-order valence-corrected chi connectivity index (χ0v) is 9.70. The second-order valence-corrected chi connectivity index (χ2v) is 4.13. The Kier molecular flexibility index (Phi) is 4.37. The van der Waals surface area contributed by atoms with Gasteiger partial charge in [-0.1, -0.05) is 19.9 Å². The number of hydrazine groups is 1. The van der Waals surface area contributed by atoms with Gasteiger partial charge in [-0.2, -0.15) is 0 Å². The summed E-state index contributed by atoms with van der Waals surface area (Å²) in [7, 11) is 2.05. The lowest BCUT2D eigenvalue weighted by Crippen LogP contribution is -2.21. The number of nitrogens with one attached hydrogen (secondary N) is 1. The number of nitrogens with zero attached hydrogens (tertiary/aromatic N) is 2. The largest absolute Gasteiger partial charge is 0.360 e. The molecule has 1 aromatic rings. The van der Waals surface area contributed by atoms with Crippen molar-refractivity contribution < 1.29 is 0 Å². The first-order valence-corrected chi connectivity index (χ1v) is 5.28. The normalized spacial score (nSPS) is 10.5. The molecule has 0 aromatic carbocycles. The van der Waals surface area contributed by atoms with Crippen molar-refractivity contribution in [2.75, 3.05) is 23.9 Å². The van der Waals surface area contributed by atoms with E-state index in [9.17, 15) is 0 Å². The molecule has 0 aliphatic carbocycles. The van der Waals surface area contributed by atoms with Crippen LogP contribution in [0, 0.1) is 5.92 Å². The van der Waals surface area contributed by atoms with Crippen LogP contribution in [0.15, 0.2) is 18.2 Å². The zero-order valence-electron chi connectivity index (χ0n) is 9.70. The standard InChI is InChI=1S/C11H20N4/c1-9(2)7-8-15(3)11-6-4-5-10(13-11)14-12/h4-6,9H,7-8,12H2,1-3H3,(H,13,14). The van der Waals surface area contributed by atoms with E-state index in [-0.39, 0.29) is 0 Å². The second kappa shape index (κ2) is 5.56. The Labute approximate surface area is 91.5 Å². The summed E-state index contributed by atoms with van der Waals surface area (Å²) in [4.78, 5) is 6.50. The highest BCUT2D eigenvalue weighted by molar-refractivity contribution is 5.45. The fourth-order valence-electron chi connectivity index (χ4n) is 1.28. The number of nitrogen functional groups attached to an aromatic ring is 1. The van der Waals surface area contributed by atoms with Crippen molar-refractivity contribution in [2.24, 2.45) is 11.8 Å². The number of nitrogens with two attached hydrogens (primary N) is 1. The smallest absolute Gasteiger partial charge is 0.142 e. The summed E-state index contributed by atoms with van der Waals surface area (Å²) >= 11 is 0. The summed E-state index contributed by atoms with van der Waals surface area (Å²) in [5.41, 5.74) is 2.55. The zero-order chi connectivity index (χ0) is 11.3. The number of hydrogen-bond donors (Lipinski definition) is 2. The summed E-state index contributed by atoms with van der Waals surface area (Å²) < 4.78 is 0. The molecule has 0 spiro atoms. The van der Waals surface area contributed by atoms with Crippen molar-refractivity contribution in [3.05, 3.63) is 18.2 Å². The van der Waals surface area contributed by atoms with Gasteiger partial charge in [0.05, 0.1) is 0 Å². The molecule has 1 heterocycles. The van der Waals surface area contributed by atoms with Crippen LogP contribution in [-0.2, 0) is 0 Å². The van der Waals surface area contributed by atoms with Gasteiger partial charge in [0.2, 0.25) is 0 Å². The Morgan fingerprint density at radius 3 is 2.80 bits per heavy atom. The second-order valence-electron chi connectivity index (χ2n) is 4.13. The molecule has 0 saturated heterocycles. The first-order valence-electron chi connectivity index (χ1n) is 5.28. The molecule has 15 heavy (non-hydrogen) atoms. The third kappa shape index (κ3) is 3.75. The van der Waals surface area contributed by atoms with Gasteiger partial charge in [0.15, 0.2) is 0 Å². The minimum Gasteiger partial charge on any atom is -0.360 e. The molecular formula is C11H20N4. The first kappa shape index (κ1) is 11.8. The summed E-state index contributed by atoms with van der Waals surface area (Å²) in [6, 6.07) is 5.78. The first-order chi connectivity index (χ1) is 7.13. The summed E-state index contributed by atoms with van der Waals surface area (Å²) in [5, 5.41) is 0. The predicted molar refractivity (Wildman–Crippen MR) is 64.8 cm³/mol. The maximum Gasteiger partial charge on any atom is 0.142 e. The van der Waals surface area contributed by atoms with Crippen LogP contribution in [0.3, 0.4) is 0 Å². The molecule has 0 fully saturated rings. The molecule has 0 atom stereocenters. The van der Waals surface area contributed by atoms with Gasteiger partial charge in [0.25, 0.3) is 0 Å². The molecule has 0 amide bonds.